The molecule has 1 rings (SSSR count). The van der Waals surface area contributed by atoms with Gasteiger partial charge in [0.1, 0.15) is 6.20 Å². The molecule has 8 heteroatoms. The Morgan fingerprint density at radius 1 is 1.67 bits per heavy atom. The summed E-state index contributed by atoms with van der Waals surface area (Å²) in [6.07, 6.45) is 3.72. The molecule has 0 aliphatic heterocycles. The molecule has 0 radical (unpaired) electrons. The van der Waals surface area contributed by atoms with Crippen molar-refractivity contribution < 1.29 is 4.92 Å². The molecule has 4 N–H and O–H groups in total. The van der Waals surface area contributed by atoms with Crippen LogP contribution in [0, 0.1) is 10.1 Å². The van der Waals surface area contributed by atoms with E-state index in [1.807, 2.05) is 0 Å². The highest BCUT2D eigenvalue weighted by molar-refractivity contribution is 9.10. The summed E-state index contributed by atoms with van der Waals surface area (Å²) in [6.45, 7) is 0. The van der Waals surface area contributed by atoms with Crippen LogP contribution in [-0.4, -0.2) is 9.91 Å². The van der Waals surface area contributed by atoms with E-state index >= 15 is 0 Å². The number of nitrogens with two attached hydrogens (primary N) is 2. The Balaban J connectivity index is 3.08. The molecule has 80 valence electrons. The van der Waals surface area contributed by atoms with Crippen LogP contribution in [0.1, 0.15) is 0 Å². The fourth-order valence-electron chi connectivity index (χ4n) is 0.874. The van der Waals surface area contributed by atoms with Gasteiger partial charge in [-0.25, -0.2) is 10.8 Å². The first-order chi connectivity index (χ1) is 7.06. The molecular weight excluding hydrogens is 266 g/mol. The monoisotopic (exact) mass is 273 g/mol. The molecule has 0 saturated carbocycles. The Morgan fingerprint density at radius 3 is 2.80 bits per heavy atom. The average molecular weight is 274 g/mol. The van der Waals surface area contributed by atoms with Crippen LogP contribution in [0.25, 0.3) is 0 Å². The number of anilines is 1. The van der Waals surface area contributed by atoms with Crippen molar-refractivity contribution in [2.75, 3.05) is 5.01 Å². The summed E-state index contributed by atoms with van der Waals surface area (Å²) in [5.74, 6) is 5.87. The van der Waals surface area contributed by atoms with E-state index in [1.165, 1.54) is 18.5 Å². The van der Waals surface area contributed by atoms with Crippen molar-refractivity contribution in [3.05, 3.63) is 39.3 Å². The van der Waals surface area contributed by atoms with Crippen molar-refractivity contribution >= 4 is 27.4 Å². The van der Waals surface area contributed by atoms with Gasteiger partial charge in [0.25, 0.3) is 5.69 Å². The third-order valence-electron chi connectivity index (χ3n) is 1.51. The Morgan fingerprint density at radius 2 is 2.33 bits per heavy atom. The standard InChI is InChI=1S/C7H8BrN5O2/c8-6-3-5(13(14)15)4-11-7(6)12(10)2-1-9/h1-4H,9-10H2/b2-1-. The Labute approximate surface area is 93.6 Å². The van der Waals surface area contributed by atoms with Gasteiger partial charge in [-0.2, -0.15) is 0 Å². The molecule has 1 aromatic rings. The number of rotatable bonds is 3. The lowest BCUT2D eigenvalue weighted by Crippen LogP contribution is -2.25. The lowest BCUT2D eigenvalue weighted by Gasteiger charge is -2.12. The van der Waals surface area contributed by atoms with Crippen LogP contribution in [0.5, 0.6) is 0 Å². The summed E-state index contributed by atoms with van der Waals surface area (Å²) in [7, 11) is 0. The van der Waals surface area contributed by atoms with Gasteiger partial charge in [-0.1, -0.05) is 0 Å². The maximum atomic E-state index is 10.4. The van der Waals surface area contributed by atoms with Crippen LogP contribution >= 0.6 is 15.9 Å². The second kappa shape index (κ2) is 4.71. The largest absolute Gasteiger partial charge is 0.403 e. The van der Waals surface area contributed by atoms with E-state index in [4.69, 9.17) is 11.6 Å². The molecule has 0 spiro atoms. The average Bonchev–Trinajstić information content (AvgIpc) is 2.17. The molecule has 0 atom stereocenters. The van der Waals surface area contributed by atoms with Crippen LogP contribution in [-0.2, 0) is 0 Å². The van der Waals surface area contributed by atoms with Crippen molar-refractivity contribution in [2.45, 2.75) is 0 Å². The Bertz CT molecular complexity index is 408. The molecule has 15 heavy (non-hydrogen) atoms. The van der Waals surface area contributed by atoms with Gasteiger partial charge in [0.15, 0.2) is 5.82 Å². The zero-order chi connectivity index (χ0) is 11.4. The van der Waals surface area contributed by atoms with Crippen molar-refractivity contribution in [3.8, 4) is 0 Å². The smallest absolute Gasteiger partial charge is 0.288 e. The number of hydrogen-bond acceptors (Lipinski definition) is 6. The molecule has 0 bridgehead atoms. The number of nitrogens with zero attached hydrogens (tertiary/aromatic N) is 3. The molecule has 0 unspecified atom stereocenters. The van der Waals surface area contributed by atoms with Gasteiger partial charge >= 0.3 is 0 Å². The summed E-state index contributed by atoms with van der Waals surface area (Å²) in [6, 6.07) is 1.31. The van der Waals surface area contributed by atoms with Crippen LogP contribution < -0.4 is 16.6 Å². The zero-order valence-electron chi connectivity index (χ0n) is 7.50. The van der Waals surface area contributed by atoms with Gasteiger partial charge < -0.3 is 5.73 Å². The molecule has 0 fully saturated rings. The minimum absolute atomic E-state index is 0.115. The van der Waals surface area contributed by atoms with E-state index in [0.717, 1.165) is 11.2 Å². The fraction of sp³-hybridized carbons (Fsp3) is 0. The second-order valence-electron chi connectivity index (χ2n) is 2.50. The van der Waals surface area contributed by atoms with Crippen molar-refractivity contribution in [3.63, 3.8) is 0 Å². The summed E-state index contributed by atoms with van der Waals surface area (Å²) in [5, 5.41) is 11.6. The number of pyridine rings is 1. The molecule has 1 heterocycles. The first-order valence-corrected chi connectivity index (χ1v) is 4.58. The van der Waals surface area contributed by atoms with E-state index < -0.39 is 4.92 Å². The van der Waals surface area contributed by atoms with Gasteiger partial charge in [0.05, 0.1) is 9.40 Å². The van der Waals surface area contributed by atoms with E-state index in [0.29, 0.717) is 10.3 Å². The van der Waals surface area contributed by atoms with Gasteiger partial charge in [-0.05, 0) is 15.9 Å². The molecule has 0 saturated heterocycles. The SMILES string of the molecule is N/C=C\N(N)c1ncc([N+](=O)[O-])cc1Br. The molecular formula is C7H8BrN5O2. The van der Waals surface area contributed by atoms with Gasteiger partial charge in [0.2, 0.25) is 0 Å². The van der Waals surface area contributed by atoms with Crippen LogP contribution in [0.2, 0.25) is 0 Å². The topological polar surface area (TPSA) is 111 Å². The lowest BCUT2D eigenvalue weighted by molar-refractivity contribution is -0.385. The number of nitro groups is 1. The summed E-state index contributed by atoms with van der Waals surface area (Å²) < 4.78 is 0.414. The molecule has 1 aromatic heterocycles. The first-order valence-electron chi connectivity index (χ1n) is 3.78. The molecule has 0 aromatic carbocycles. The lowest BCUT2D eigenvalue weighted by atomic mass is 10.4. The fourth-order valence-corrected chi connectivity index (χ4v) is 1.42. The highest BCUT2D eigenvalue weighted by atomic mass is 79.9. The summed E-state index contributed by atoms with van der Waals surface area (Å²) in [5.41, 5.74) is 5.03. The van der Waals surface area contributed by atoms with E-state index in [1.54, 1.807) is 0 Å². The maximum absolute atomic E-state index is 10.4. The van der Waals surface area contributed by atoms with Crippen LogP contribution in [0.3, 0.4) is 0 Å². The van der Waals surface area contributed by atoms with Crippen molar-refractivity contribution in [2.24, 2.45) is 11.6 Å². The number of halogens is 1. The molecule has 0 aliphatic carbocycles. The Hall–Kier alpha value is -1.67. The third kappa shape index (κ3) is 2.64. The highest BCUT2D eigenvalue weighted by Crippen LogP contribution is 2.25. The van der Waals surface area contributed by atoms with Crippen molar-refractivity contribution in [1.82, 2.24) is 4.98 Å². The minimum atomic E-state index is -0.541. The van der Waals surface area contributed by atoms with E-state index in [-0.39, 0.29) is 5.69 Å². The number of hydrazine groups is 1. The predicted octanol–water partition coefficient (Wildman–Crippen LogP) is 0.862. The number of hydrogen-bond donors (Lipinski definition) is 2. The Kier molecular flexibility index (Phi) is 3.58. The molecule has 0 aliphatic rings. The van der Waals surface area contributed by atoms with E-state index in [9.17, 15) is 10.1 Å². The normalized spacial score (nSPS) is 10.5. The molecule has 7 nitrogen and oxygen atoms in total. The summed E-state index contributed by atoms with van der Waals surface area (Å²) >= 11 is 3.12. The van der Waals surface area contributed by atoms with E-state index in [2.05, 4.69) is 20.9 Å². The first kappa shape index (κ1) is 11.4. The van der Waals surface area contributed by atoms with Crippen molar-refractivity contribution in [1.29, 1.82) is 0 Å². The second-order valence-corrected chi connectivity index (χ2v) is 3.36. The summed E-state index contributed by atoms with van der Waals surface area (Å²) in [4.78, 5) is 13.7. The zero-order valence-corrected chi connectivity index (χ0v) is 9.09. The van der Waals surface area contributed by atoms with Crippen LogP contribution in [0.15, 0.2) is 29.1 Å². The highest BCUT2D eigenvalue weighted by Gasteiger charge is 2.12. The quantitative estimate of drug-likeness (QED) is 0.480. The van der Waals surface area contributed by atoms with Crippen LogP contribution in [0.4, 0.5) is 11.5 Å². The van der Waals surface area contributed by atoms with Gasteiger partial charge in [-0.3, -0.25) is 15.1 Å². The van der Waals surface area contributed by atoms with Gasteiger partial charge in [-0.15, -0.1) is 0 Å². The number of aromatic nitrogens is 1. The minimum Gasteiger partial charge on any atom is -0.403 e. The molecule has 0 amide bonds. The maximum Gasteiger partial charge on any atom is 0.288 e. The van der Waals surface area contributed by atoms with Gasteiger partial charge in [0, 0.05) is 18.5 Å². The predicted molar refractivity (Wildman–Crippen MR) is 58.6 cm³/mol. The third-order valence-corrected chi connectivity index (χ3v) is 2.09.